The summed E-state index contributed by atoms with van der Waals surface area (Å²) in [6.45, 7) is 0. The average Bonchev–Trinajstić information content (AvgIpc) is 3.04. The van der Waals surface area contributed by atoms with Crippen LogP contribution in [0.1, 0.15) is 29.5 Å². The highest BCUT2D eigenvalue weighted by atomic mass is 16.6. The molecule has 0 radical (unpaired) electrons. The van der Waals surface area contributed by atoms with Crippen molar-refractivity contribution in [3.63, 3.8) is 0 Å². The Morgan fingerprint density at radius 2 is 1.77 bits per heavy atom. The number of rotatable bonds is 2. The highest BCUT2D eigenvalue weighted by Crippen LogP contribution is 2.50. The van der Waals surface area contributed by atoms with E-state index in [1.165, 1.54) is 5.56 Å². The molecule has 22 heavy (non-hydrogen) atoms. The van der Waals surface area contributed by atoms with Crippen LogP contribution in [0.2, 0.25) is 0 Å². The second-order valence-electron chi connectivity index (χ2n) is 5.88. The third-order valence-corrected chi connectivity index (χ3v) is 4.74. The van der Waals surface area contributed by atoms with Crippen LogP contribution in [0.4, 0.5) is 11.4 Å². The molecule has 0 amide bonds. The summed E-state index contributed by atoms with van der Waals surface area (Å²) in [5.41, 5.74) is 3.35. The lowest BCUT2D eigenvalue weighted by Gasteiger charge is -2.37. The van der Waals surface area contributed by atoms with Gasteiger partial charge in [0.1, 0.15) is 0 Å². The van der Waals surface area contributed by atoms with E-state index in [2.05, 4.69) is 35.7 Å². The summed E-state index contributed by atoms with van der Waals surface area (Å²) in [7, 11) is 0. The molecule has 4 nitrogen and oxygen atoms in total. The molecule has 0 spiro atoms. The third-order valence-electron chi connectivity index (χ3n) is 4.74. The Balaban J connectivity index is 1.83. The SMILES string of the molecule is O=[N+]([O-])c1ccccc1[C@H]1Nc2ccccc2[C@@H]2C=CC[C@H]12. The van der Waals surface area contributed by atoms with Gasteiger partial charge >= 0.3 is 0 Å². The lowest BCUT2D eigenvalue weighted by molar-refractivity contribution is -0.385. The van der Waals surface area contributed by atoms with Crippen molar-refractivity contribution in [2.75, 3.05) is 5.32 Å². The van der Waals surface area contributed by atoms with Crippen LogP contribution in [0.25, 0.3) is 0 Å². The summed E-state index contributed by atoms with van der Waals surface area (Å²) < 4.78 is 0. The van der Waals surface area contributed by atoms with Gasteiger partial charge in [-0.15, -0.1) is 0 Å². The number of nitro groups is 1. The minimum Gasteiger partial charge on any atom is -0.377 e. The van der Waals surface area contributed by atoms with Crippen LogP contribution < -0.4 is 5.32 Å². The number of nitrogens with zero attached hydrogens (tertiary/aromatic N) is 1. The molecule has 110 valence electrons. The van der Waals surface area contributed by atoms with Crippen molar-refractivity contribution in [1.82, 2.24) is 0 Å². The molecule has 4 rings (SSSR count). The lowest BCUT2D eigenvalue weighted by Crippen LogP contribution is -2.29. The molecular weight excluding hydrogens is 276 g/mol. The Morgan fingerprint density at radius 3 is 2.59 bits per heavy atom. The third kappa shape index (κ3) is 1.91. The van der Waals surface area contributed by atoms with E-state index in [-0.39, 0.29) is 16.7 Å². The predicted octanol–water partition coefficient (Wildman–Crippen LogP) is 4.42. The quantitative estimate of drug-likeness (QED) is 0.506. The van der Waals surface area contributed by atoms with Gasteiger partial charge in [0.2, 0.25) is 0 Å². The van der Waals surface area contributed by atoms with Crippen molar-refractivity contribution in [3.8, 4) is 0 Å². The lowest BCUT2D eigenvalue weighted by atomic mass is 9.77. The molecule has 2 aliphatic rings. The van der Waals surface area contributed by atoms with E-state index >= 15 is 0 Å². The molecule has 0 bridgehead atoms. The standard InChI is InChI=1S/C18H16N2O2/c21-20(22)17-11-4-2-7-15(17)18-14-9-5-8-12(14)13-6-1-3-10-16(13)19-18/h1-8,10-12,14,18-19H,9H2/t12-,14-,18-/m0/s1. The topological polar surface area (TPSA) is 55.2 Å². The van der Waals surface area contributed by atoms with Gasteiger partial charge in [-0.2, -0.15) is 0 Å². The second kappa shape index (κ2) is 4.98. The molecule has 0 saturated heterocycles. The number of nitro benzene ring substituents is 1. The highest BCUT2D eigenvalue weighted by molar-refractivity contribution is 5.61. The van der Waals surface area contributed by atoms with Crippen molar-refractivity contribution in [3.05, 3.63) is 81.9 Å². The van der Waals surface area contributed by atoms with Crippen LogP contribution in [-0.4, -0.2) is 4.92 Å². The first-order valence-electron chi connectivity index (χ1n) is 7.51. The van der Waals surface area contributed by atoms with Crippen molar-refractivity contribution < 1.29 is 4.92 Å². The minimum absolute atomic E-state index is 0.0310. The van der Waals surface area contributed by atoms with E-state index in [1.54, 1.807) is 12.1 Å². The van der Waals surface area contributed by atoms with Crippen molar-refractivity contribution in [1.29, 1.82) is 0 Å². The summed E-state index contributed by atoms with van der Waals surface area (Å²) >= 11 is 0. The number of anilines is 1. The van der Waals surface area contributed by atoms with Crippen LogP contribution in [0.15, 0.2) is 60.7 Å². The molecule has 4 heteroatoms. The van der Waals surface area contributed by atoms with Crippen LogP contribution in [0, 0.1) is 16.0 Å². The Labute approximate surface area is 128 Å². The fourth-order valence-electron chi connectivity index (χ4n) is 3.77. The van der Waals surface area contributed by atoms with Gasteiger partial charge in [0, 0.05) is 17.7 Å². The summed E-state index contributed by atoms with van der Waals surface area (Å²) in [5, 5.41) is 14.9. The summed E-state index contributed by atoms with van der Waals surface area (Å²) in [6.07, 6.45) is 5.38. The van der Waals surface area contributed by atoms with Gasteiger partial charge < -0.3 is 5.32 Å². The molecule has 0 saturated carbocycles. The molecule has 1 aliphatic carbocycles. The predicted molar refractivity (Wildman–Crippen MR) is 85.9 cm³/mol. The van der Waals surface area contributed by atoms with E-state index in [9.17, 15) is 10.1 Å². The Morgan fingerprint density at radius 1 is 1.05 bits per heavy atom. The molecule has 0 unspecified atom stereocenters. The van der Waals surface area contributed by atoms with Gasteiger partial charge in [0.25, 0.3) is 5.69 Å². The molecule has 2 aromatic carbocycles. The Hall–Kier alpha value is -2.62. The monoisotopic (exact) mass is 292 g/mol. The van der Waals surface area contributed by atoms with Crippen LogP contribution in [-0.2, 0) is 0 Å². The Bertz CT molecular complexity index is 769. The minimum atomic E-state index is -0.283. The number of para-hydroxylation sites is 2. The molecule has 1 aliphatic heterocycles. The van der Waals surface area contributed by atoms with E-state index in [0.717, 1.165) is 17.7 Å². The summed E-state index contributed by atoms with van der Waals surface area (Å²) in [4.78, 5) is 11.1. The number of hydrogen-bond acceptors (Lipinski definition) is 3. The zero-order valence-electron chi connectivity index (χ0n) is 12.0. The molecule has 2 aromatic rings. The van der Waals surface area contributed by atoms with E-state index in [4.69, 9.17) is 0 Å². The van der Waals surface area contributed by atoms with Gasteiger partial charge in [0.05, 0.1) is 16.5 Å². The first-order chi connectivity index (χ1) is 10.8. The normalized spacial score (nSPS) is 25.2. The molecule has 1 heterocycles. The molecule has 3 atom stereocenters. The fourth-order valence-corrected chi connectivity index (χ4v) is 3.77. The summed E-state index contributed by atoms with van der Waals surface area (Å²) in [5.74, 6) is 0.665. The van der Waals surface area contributed by atoms with Crippen LogP contribution >= 0.6 is 0 Å². The first kappa shape index (κ1) is 13.1. The average molecular weight is 292 g/mol. The molecule has 0 fully saturated rings. The number of allylic oxidation sites excluding steroid dienone is 2. The van der Waals surface area contributed by atoms with Gasteiger partial charge in [0.15, 0.2) is 0 Å². The largest absolute Gasteiger partial charge is 0.377 e. The summed E-state index contributed by atoms with van der Waals surface area (Å²) in [6, 6.07) is 15.3. The van der Waals surface area contributed by atoms with Crippen molar-refractivity contribution in [2.45, 2.75) is 18.4 Å². The van der Waals surface area contributed by atoms with Crippen molar-refractivity contribution >= 4 is 11.4 Å². The number of fused-ring (bicyclic) bond motifs is 3. The smallest absolute Gasteiger partial charge is 0.274 e. The maximum atomic E-state index is 11.4. The van der Waals surface area contributed by atoms with Gasteiger partial charge in [-0.3, -0.25) is 10.1 Å². The zero-order chi connectivity index (χ0) is 15.1. The molecular formula is C18H16N2O2. The van der Waals surface area contributed by atoms with Gasteiger partial charge in [-0.25, -0.2) is 0 Å². The van der Waals surface area contributed by atoms with Gasteiger partial charge in [-0.05, 0) is 24.0 Å². The van der Waals surface area contributed by atoms with E-state index in [1.807, 2.05) is 18.2 Å². The van der Waals surface area contributed by atoms with Crippen LogP contribution in [0.3, 0.4) is 0 Å². The van der Waals surface area contributed by atoms with E-state index < -0.39 is 0 Å². The number of hydrogen-bond donors (Lipinski definition) is 1. The number of nitrogens with one attached hydrogen (secondary N) is 1. The maximum absolute atomic E-state index is 11.4. The zero-order valence-corrected chi connectivity index (χ0v) is 12.0. The van der Waals surface area contributed by atoms with Crippen LogP contribution in [0.5, 0.6) is 0 Å². The van der Waals surface area contributed by atoms with Gasteiger partial charge in [-0.1, -0.05) is 48.6 Å². The maximum Gasteiger partial charge on any atom is 0.274 e. The molecule has 1 N–H and O–H groups in total. The molecule has 0 aromatic heterocycles. The Kier molecular flexibility index (Phi) is 2.96. The second-order valence-corrected chi connectivity index (χ2v) is 5.88. The fraction of sp³-hybridized carbons (Fsp3) is 0.222. The van der Waals surface area contributed by atoms with E-state index in [0.29, 0.717) is 11.8 Å². The number of benzene rings is 2. The van der Waals surface area contributed by atoms with Crippen molar-refractivity contribution in [2.24, 2.45) is 5.92 Å². The highest BCUT2D eigenvalue weighted by Gasteiger charge is 2.39. The first-order valence-corrected chi connectivity index (χ1v) is 7.51.